The molecule has 0 aliphatic carbocycles. The highest BCUT2D eigenvalue weighted by atomic mass is 19.3. The van der Waals surface area contributed by atoms with Gasteiger partial charge in [0.15, 0.2) is 0 Å². The number of hydrogen-bond acceptors (Lipinski definition) is 4. The number of hydrogen-bond donors (Lipinski definition) is 2. The van der Waals surface area contributed by atoms with E-state index in [2.05, 4.69) is 0 Å². The molecule has 1 rings (SSSR count). The van der Waals surface area contributed by atoms with Crippen LogP contribution in [0.4, 0.5) is 14.6 Å². The number of H-pyrrole nitrogens is 1. The second-order valence-corrected chi connectivity index (χ2v) is 2.34. The lowest BCUT2D eigenvalue weighted by atomic mass is 10.2. The van der Waals surface area contributed by atoms with Gasteiger partial charge in [-0.2, -0.15) is 0 Å². The Bertz CT molecular complexity index is 428. The molecule has 0 aliphatic rings. The fourth-order valence-electron chi connectivity index (χ4n) is 0.857. The Balaban J connectivity index is 3.48. The summed E-state index contributed by atoms with van der Waals surface area (Å²) < 4.78 is 24.2. The summed E-state index contributed by atoms with van der Waals surface area (Å²) in [5, 5.41) is 19.1. The third kappa shape index (κ3) is 1.68. The quantitative estimate of drug-likeness (QED) is 0.555. The molecule has 0 saturated carbocycles. The smallest absolute Gasteiger partial charge is 0.366 e. The van der Waals surface area contributed by atoms with Crippen molar-refractivity contribution in [2.24, 2.45) is 0 Å². The predicted octanol–water partition coefficient (Wildman–Crippen LogP) is 0.926. The summed E-state index contributed by atoms with van der Waals surface area (Å²) in [7, 11) is 0. The van der Waals surface area contributed by atoms with Crippen molar-refractivity contribution in [1.82, 2.24) is 4.98 Å². The molecule has 1 aromatic rings. The minimum absolute atomic E-state index is 0.410. The van der Waals surface area contributed by atoms with Gasteiger partial charge in [-0.1, -0.05) is 0 Å². The van der Waals surface area contributed by atoms with E-state index in [9.17, 15) is 23.7 Å². The van der Waals surface area contributed by atoms with Crippen LogP contribution in [0, 0.1) is 10.1 Å². The molecular formula is C6H4F2N2O4. The summed E-state index contributed by atoms with van der Waals surface area (Å²) in [6.07, 6.45) is -3.14. The zero-order valence-electron chi connectivity index (χ0n) is 6.53. The lowest BCUT2D eigenvalue weighted by Crippen LogP contribution is -2.09. The minimum atomic E-state index is -3.14. The summed E-state index contributed by atoms with van der Waals surface area (Å²) in [4.78, 5) is 21.3. The molecule has 0 unspecified atom stereocenters. The Hall–Kier alpha value is -1.99. The molecule has 0 saturated heterocycles. The molecule has 0 aliphatic heterocycles. The van der Waals surface area contributed by atoms with E-state index in [4.69, 9.17) is 5.11 Å². The van der Waals surface area contributed by atoms with Crippen LogP contribution in [0.25, 0.3) is 0 Å². The molecule has 1 heterocycles. The number of halogens is 2. The van der Waals surface area contributed by atoms with Gasteiger partial charge >= 0.3 is 11.4 Å². The van der Waals surface area contributed by atoms with Gasteiger partial charge in [0.2, 0.25) is 5.75 Å². The van der Waals surface area contributed by atoms with Crippen molar-refractivity contribution in [3.63, 3.8) is 0 Å². The van der Waals surface area contributed by atoms with E-state index in [1.54, 1.807) is 4.98 Å². The standard InChI is InChI=1S/C6H4F2N2O4/c7-5(8)2-1-3(11)9-6(4(2)12)10(13)14/h1,5,12H,(H,9,11). The van der Waals surface area contributed by atoms with Crippen molar-refractivity contribution in [2.75, 3.05) is 0 Å². The molecule has 2 N–H and O–H groups in total. The molecule has 0 radical (unpaired) electrons. The highest BCUT2D eigenvalue weighted by molar-refractivity contribution is 5.45. The van der Waals surface area contributed by atoms with E-state index >= 15 is 0 Å². The second kappa shape index (κ2) is 3.40. The number of nitrogens with one attached hydrogen (secondary N) is 1. The van der Waals surface area contributed by atoms with Gasteiger partial charge in [-0.15, -0.1) is 0 Å². The Labute approximate surface area is 75.0 Å². The maximum Gasteiger partial charge on any atom is 0.366 e. The molecule has 76 valence electrons. The number of nitrogens with zero attached hydrogens (tertiary/aromatic N) is 1. The van der Waals surface area contributed by atoms with Crippen LogP contribution in [-0.2, 0) is 0 Å². The first-order valence-electron chi connectivity index (χ1n) is 3.32. The van der Waals surface area contributed by atoms with Crippen LogP contribution in [0.1, 0.15) is 12.0 Å². The highest BCUT2D eigenvalue weighted by Crippen LogP contribution is 2.32. The Kier molecular flexibility index (Phi) is 2.45. The highest BCUT2D eigenvalue weighted by Gasteiger charge is 2.23. The molecule has 0 bridgehead atoms. The Morgan fingerprint density at radius 2 is 2.14 bits per heavy atom. The first kappa shape index (κ1) is 10.1. The van der Waals surface area contributed by atoms with Crippen LogP contribution in [0.15, 0.2) is 10.9 Å². The summed E-state index contributed by atoms with van der Waals surface area (Å²) >= 11 is 0. The molecule has 0 fully saturated rings. The first-order valence-corrected chi connectivity index (χ1v) is 3.32. The molecule has 8 heteroatoms. The van der Waals surface area contributed by atoms with Gasteiger partial charge in [-0.05, 0) is 4.92 Å². The van der Waals surface area contributed by atoms with E-state index in [-0.39, 0.29) is 0 Å². The zero-order chi connectivity index (χ0) is 10.9. The molecular weight excluding hydrogens is 202 g/mol. The second-order valence-electron chi connectivity index (χ2n) is 2.34. The average molecular weight is 206 g/mol. The van der Waals surface area contributed by atoms with Crippen molar-refractivity contribution >= 4 is 5.82 Å². The number of aromatic hydroxyl groups is 1. The summed E-state index contributed by atoms with van der Waals surface area (Å²) in [5.41, 5.74) is -2.12. The van der Waals surface area contributed by atoms with Gasteiger partial charge in [0.05, 0.1) is 5.56 Å². The van der Waals surface area contributed by atoms with Crippen LogP contribution in [0.5, 0.6) is 5.75 Å². The monoisotopic (exact) mass is 206 g/mol. The van der Waals surface area contributed by atoms with Crippen molar-refractivity contribution in [3.05, 3.63) is 32.1 Å². The lowest BCUT2D eigenvalue weighted by molar-refractivity contribution is -0.390. The first-order chi connectivity index (χ1) is 6.43. The molecule has 6 nitrogen and oxygen atoms in total. The summed E-state index contributed by atoms with van der Waals surface area (Å²) in [6.45, 7) is 0. The number of rotatable bonds is 2. The van der Waals surface area contributed by atoms with Crippen LogP contribution in [-0.4, -0.2) is 15.0 Å². The van der Waals surface area contributed by atoms with E-state index in [1.807, 2.05) is 0 Å². The third-order valence-electron chi connectivity index (χ3n) is 1.44. The van der Waals surface area contributed by atoms with Gasteiger partial charge in [0, 0.05) is 6.07 Å². The van der Waals surface area contributed by atoms with Crippen molar-refractivity contribution in [3.8, 4) is 5.75 Å². The topological polar surface area (TPSA) is 96.2 Å². The maximum absolute atomic E-state index is 12.1. The number of alkyl halides is 2. The minimum Gasteiger partial charge on any atom is -0.501 e. The normalized spacial score (nSPS) is 10.5. The number of nitro groups is 1. The number of aromatic amines is 1. The van der Waals surface area contributed by atoms with Crippen molar-refractivity contribution in [1.29, 1.82) is 0 Å². The fraction of sp³-hybridized carbons (Fsp3) is 0.167. The average Bonchev–Trinajstić information content (AvgIpc) is 2.07. The number of pyridine rings is 1. The molecule has 0 amide bonds. The van der Waals surface area contributed by atoms with E-state index in [0.29, 0.717) is 6.07 Å². The van der Waals surface area contributed by atoms with Crippen molar-refractivity contribution in [2.45, 2.75) is 6.43 Å². The Morgan fingerprint density at radius 3 is 2.57 bits per heavy atom. The third-order valence-corrected chi connectivity index (χ3v) is 1.44. The molecule has 0 spiro atoms. The zero-order valence-corrected chi connectivity index (χ0v) is 6.53. The van der Waals surface area contributed by atoms with Crippen LogP contribution < -0.4 is 5.56 Å². The van der Waals surface area contributed by atoms with Crippen LogP contribution >= 0.6 is 0 Å². The van der Waals surface area contributed by atoms with E-state index in [0.717, 1.165) is 0 Å². The summed E-state index contributed by atoms with van der Waals surface area (Å²) in [6, 6.07) is 0.410. The van der Waals surface area contributed by atoms with Gasteiger partial charge in [0.25, 0.3) is 6.43 Å². The summed E-state index contributed by atoms with van der Waals surface area (Å²) in [5.74, 6) is -2.35. The van der Waals surface area contributed by atoms with Gasteiger partial charge in [-0.3, -0.25) is 0 Å². The fourth-order valence-corrected chi connectivity index (χ4v) is 0.857. The van der Waals surface area contributed by atoms with Crippen LogP contribution in [0.2, 0.25) is 0 Å². The lowest BCUT2D eigenvalue weighted by Gasteiger charge is -2.02. The molecule has 1 aromatic heterocycles. The molecule has 14 heavy (non-hydrogen) atoms. The van der Waals surface area contributed by atoms with E-state index in [1.165, 1.54) is 0 Å². The maximum atomic E-state index is 12.1. The molecule has 0 atom stereocenters. The van der Waals surface area contributed by atoms with Gasteiger partial charge < -0.3 is 15.2 Å². The number of aromatic nitrogens is 1. The molecule has 0 aromatic carbocycles. The Morgan fingerprint density at radius 1 is 1.57 bits per heavy atom. The van der Waals surface area contributed by atoms with Gasteiger partial charge in [-0.25, -0.2) is 18.6 Å². The van der Waals surface area contributed by atoms with Gasteiger partial charge in [0.1, 0.15) is 0 Å². The predicted molar refractivity (Wildman–Crippen MR) is 40.3 cm³/mol. The van der Waals surface area contributed by atoms with Crippen molar-refractivity contribution < 1.29 is 18.8 Å². The van der Waals surface area contributed by atoms with Crippen LogP contribution in [0.3, 0.4) is 0 Å². The SMILES string of the molecule is O=c1cc(C(F)F)c(O)c([N+](=O)[O-])[nH]1. The van der Waals surface area contributed by atoms with E-state index < -0.39 is 34.0 Å². The largest absolute Gasteiger partial charge is 0.501 e.